The SMILES string of the molecule is COc1cccc(C23CCN(C(=O)OCC(Cl)(Cl)Cl)CC2Cc2c([nH]c4cc(Cl)ccc24)C3)c1. The Labute approximate surface area is 218 Å². The zero-order chi connectivity index (χ0) is 24.1. The minimum absolute atomic E-state index is 0.155. The lowest BCUT2D eigenvalue weighted by atomic mass is 9.59. The van der Waals surface area contributed by atoms with Gasteiger partial charge in [0.1, 0.15) is 12.4 Å². The maximum absolute atomic E-state index is 12.8. The highest BCUT2D eigenvalue weighted by Gasteiger charge is 2.49. The summed E-state index contributed by atoms with van der Waals surface area (Å²) in [5.74, 6) is 1.00. The number of benzene rings is 2. The number of hydrogen-bond acceptors (Lipinski definition) is 3. The summed E-state index contributed by atoms with van der Waals surface area (Å²) < 4.78 is 9.18. The third-order valence-corrected chi connectivity index (χ3v) is 7.77. The first kappa shape index (κ1) is 23.9. The van der Waals surface area contributed by atoms with Crippen LogP contribution in [0.3, 0.4) is 0 Å². The van der Waals surface area contributed by atoms with Crippen LogP contribution in [0.1, 0.15) is 23.2 Å². The van der Waals surface area contributed by atoms with Gasteiger partial charge in [0.05, 0.1) is 7.11 Å². The van der Waals surface area contributed by atoms with Gasteiger partial charge in [0.2, 0.25) is 3.79 Å². The number of alkyl halides is 3. The number of methoxy groups -OCH3 is 1. The fraction of sp³-hybridized carbons (Fsp3) is 0.400. The Morgan fingerprint density at radius 2 is 2.06 bits per heavy atom. The normalized spacial score (nSPS) is 22.3. The van der Waals surface area contributed by atoms with Crippen LogP contribution in [0.2, 0.25) is 5.02 Å². The minimum Gasteiger partial charge on any atom is -0.497 e. The molecule has 1 aromatic heterocycles. The molecule has 3 aromatic rings. The van der Waals surface area contributed by atoms with Gasteiger partial charge >= 0.3 is 6.09 Å². The van der Waals surface area contributed by atoms with Gasteiger partial charge in [-0.25, -0.2) is 4.79 Å². The number of halogens is 4. The van der Waals surface area contributed by atoms with Crippen LogP contribution in [0.4, 0.5) is 4.79 Å². The Morgan fingerprint density at radius 3 is 2.82 bits per heavy atom. The van der Waals surface area contributed by atoms with Crippen molar-refractivity contribution in [3.05, 3.63) is 64.3 Å². The number of nitrogens with one attached hydrogen (secondary N) is 1. The van der Waals surface area contributed by atoms with Crippen molar-refractivity contribution in [1.29, 1.82) is 0 Å². The molecule has 5 rings (SSSR count). The van der Waals surface area contributed by atoms with Crippen LogP contribution in [0, 0.1) is 5.92 Å². The van der Waals surface area contributed by atoms with Gasteiger partial charge in [0.25, 0.3) is 0 Å². The third-order valence-electron chi connectivity index (χ3n) is 7.21. The van der Waals surface area contributed by atoms with Crippen molar-refractivity contribution in [2.75, 3.05) is 26.8 Å². The average Bonchev–Trinajstić information content (AvgIpc) is 3.15. The molecule has 1 aliphatic heterocycles. The molecule has 2 aromatic carbocycles. The van der Waals surface area contributed by atoms with Crippen LogP contribution >= 0.6 is 46.4 Å². The Bertz CT molecular complexity index is 1240. The van der Waals surface area contributed by atoms with Crippen LogP contribution < -0.4 is 4.74 Å². The molecule has 1 fully saturated rings. The summed E-state index contributed by atoms with van der Waals surface area (Å²) in [5.41, 5.74) is 4.61. The third kappa shape index (κ3) is 4.44. The molecule has 1 N–H and O–H groups in total. The van der Waals surface area contributed by atoms with Gasteiger partial charge in [-0.1, -0.05) is 64.6 Å². The van der Waals surface area contributed by atoms with Gasteiger partial charge < -0.3 is 19.4 Å². The largest absolute Gasteiger partial charge is 0.497 e. The number of aromatic nitrogens is 1. The Kier molecular flexibility index (Phi) is 6.34. The van der Waals surface area contributed by atoms with E-state index in [1.165, 1.54) is 22.2 Å². The fourth-order valence-electron chi connectivity index (χ4n) is 5.61. The number of likely N-dealkylation sites (tertiary alicyclic amines) is 1. The number of carbonyl (C=O) groups excluding carboxylic acids is 1. The van der Waals surface area contributed by atoms with Crippen LogP contribution in [-0.2, 0) is 23.0 Å². The molecule has 2 atom stereocenters. The molecule has 34 heavy (non-hydrogen) atoms. The van der Waals surface area contributed by atoms with Gasteiger partial charge in [-0.05, 0) is 60.6 Å². The number of carbonyl (C=O) groups is 1. The first-order chi connectivity index (χ1) is 16.2. The summed E-state index contributed by atoms with van der Waals surface area (Å²) in [6, 6.07) is 14.2. The summed E-state index contributed by atoms with van der Waals surface area (Å²) in [5, 5.41) is 1.88. The lowest BCUT2D eigenvalue weighted by molar-refractivity contribution is 0.0539. The zero-order valence-corrected chi connectivity index (χ0v) is 21.6. The Balaban J connectivity index is 1.52. The highest BCUT2D eigenvalue weighted by atomic mass is 35.6. The van der Waals surface area contributed by atoms with Crippen LogP contribution in [-0.4, -0.2) is 46.6 Å². The van der Waals surface area contributed by atoms with E-state index in [1.807, 2.05) is 24.3 Å². The molecule has 9 heteroatoms. The topological polar surface area (TPSA) is 54.6 Å². The lowest BCUT2D eigenvalue weighted by Gasteiger charge is -2.50. The second-order valence-corrected chi connectivity index (χ2v) is 12.1. The highest BCUT2D eigenvalue weighted by Crippen LogP contribution is 2.49. The highest BCUT2D eigenvalue weighted by molar-refractivity contribution is 6.67. The van der Waals surface area contributed by atoms with Gasteiger partial charge in [-0.2, -0.15) is 0 Å². The number of hydrogen-bond donors (Lipinski definition) is 1. The van der Waals surface area contributed by atoms with Crippen molar-refractivity contribution < 1.29 is 14.3 Å². The number of H-pyrrole nitrogens is 1. The van der Waals surface area contributed by atoms with E-state index < -0.39 is 9.89 Å². The molecule has 1 amide bonds. The van der Waals surface area contributed by atoms with Gasteiger partial charge in [0.15, 0.2) is 0 Å². The average molecular weight is 542 g/mol. The molecule has 0 spiro atoms. The molecule has 5 nitrogen and oxygen atoms in total. The zero-order valence-electron chi connectivity index (χ0n) is 18.5. The van der Waals surface area contributed by atoms with E-state index in [1.54, 1.807) is 12.0 Å². The van der Waals surface area contributed by atoms with Crippen LogP contribution in [0.25, 0.3) is 10.9 Å². The maximum Gasteiger partial charge on any atom is 0.409 e. The van der Waals surface area contributed by atoms with Gasteiger partial charge in [-0.15, -0.1) is 0 Å². The predicted octanol–water partition coefficient (Wildman–Crippen LogP) is 6.70. The summed E-state index contributed by atoms with van der Waals surface area (Å²) in [4.78, 5) is 18.1. The summed E-state index contributed by atoms with van der Waals surface area (Å²) in [6.07, 6.45) is 1.98. The number of piperidine rings is 1. The first-order valence-electron chi connectivity index (χ1n) is 11.1. The smallest absolute Gasteiger partial charge is 0.409 e. The molecule has 0 bridgehead atoms. The van der Waals surface area contributed by atoms with Crippen LogP contribution in [0.15, 0.2) is 42.5 Å². The van der Waals surface area contributed by atoms with Crippen molar-refractivity contribution >= 4 is 63.4 Å². The van der Waals surface area contributed by atoms with Crippen molar-refractivity contribution in [3.8, 4) is 5.75 Å². The number of fused-ring (bicyclic) bond motifs is 4. The molecule has 2 heterocycles. The Hall–Kier alpha value is -1.79. The summed E-state index contributed by atoms with van der Waals surface area (Å²) in [6.45, 7) is 0.815. The fourth-order valence-corrected chi connectivity index (χ4v) is 5.94. The summed E-state index contributed by atoms with van der Waals surface area (Å²) in [7, 11) is 1.68. The maximum atomic E-state index is 12.8. The number of nitrogens with zero attached hydrogens (tertiary/aromatic N) is 1. The molecule has 2 aliphatic rings. The molecular formula is C25H24Cl4N2O3. The molecular weight excluding hydrogens is 518 g/mol. The van der Waals surface area contributed by atoms with E-state index in [0.29, 0.717) is 18.1 Å². The first-order valence-corrected chi connectivity index (χ1v) is 12.6. The standard InChI is InChI=1S/C25H24Cl4N2O3/c1-33-18-4-2-3-15(9-18)24-7-8-31(23(32)34-14-25(27,28)29)13-16(24)10-20-19-6-5-17(26)11-21(19)30-22(20)12-24/h2-6,9,11,16,30H,7-8,10,12-14H2,1H3. The second-order valence-electron chi connectivity index (χ2n) is 9.10. The Morgan fingerprint density at radius 1 is 1.24 bits per heavy atom. The number of amides is 1. The number of ether oxygens (including phenoxy) is 2. The second kappa shape index (κ2) is 9.02. The quantitative estimate of drug-likeness (QED) is 0.375. The molecule has 0 saturated carbocycles. The molecule has 0 radical (unpaired) electrons. The lowest BCUT2D eigenvalue weighted by Crippen LogP contribution is -2.55. The van der Waals surface area contributed by atoms with E-state index in [2.05, 4.69) is 23.2 Å². The number of aromatic amines is 1. The minimum atomic E-state index is -1.64. The molecule has 2 unspecified atom stereocenters. The van der Waals surface area contributed by atoms with Gasteiger partial charge in [0, 0.05) is 40.1 Å². The van der Waals surface area contributed by atoms with Crippen molar-refractivity contribution in [2.45, 2.75) is 28.5 Å². The van der Waals surface area contributed by atoms with E-state index in [4.69, 9.17) is 55.9 Å². The summed E-state index contributed by atoms with van der Waals surface area (Å²) >= 11 is 23.6. The van der Waals surface area contributed by atoms with E-state index in [0.717, 1.165) is 30.5 Å². The van der Waals surface area contributed by atoms with E-state index in [9.17, 15) is 4.79 Å². The molecule has 180 valence electrons. The molecule has 1 aliphatic carbocycles. The van der Waals surface area contributed by atoms with Crippen molar-refractivity contribution in [1.82, 2.24) is 9.88 Å². The monoisotopic (exact) mass is 540 g/mol. The number of rotatable bonds is 3. The van der Waals surface area contributed by atoms with Gasteiger partial charge in [-0.3, -0.25) is 0 Å². The predicted molar refractivity (Wildman–Crippen MR) is 137 cm³/mol. The van der Waals surface area contributed by atoms with Crippen molar-refractivity contribution in [3.63, 3.8) is 0 Å². The van der Waals surface area contributed by atoms with E-state index in [-0.39, 0.29) is 17.9 Å². The van der Waals surface area contributed by atoms with Crippen LogP contribution in [0.5, 0.6) is 5.75 Å². The van der Waals surface area contributed by atoms with E-state index >= 15 is 0 Å². The van der Waals surface area contributed by atoms with Crippen molar-refractivity contribution in [2.24, 2.45) is 5.92 Å². The molecule has 1 saturated heterocycles.